The molecule has 28 heavy (non-hydrogen) atoms. The Kier molecular flexibility index (Phi) is 5.58. The standard InChI is InChI=1S/C20H17F3N4O/c1-13-6-8-14(9-7-13)12-24-18-11-10-17(26-27-18)19(28)25-16-5-3-2-4-15(16)20(21,22)23/h2-11H,12H2,1H3,(H,24,27)(H,25,28). The molecule has 0 bridgehead atoms. The number of rotatable bonds is 5. The molecule has 0 radical (unpaired) electrons. The number of para-hydroxylation sites is 1. The lowest BCUT2D eigenvalue weighted by molar-refractivity contribution is -0.136. The number of amides is 1. The number of anilines is 2. The largest absolute Gasteiger partial charge is 0.418 e. The summed E-state index contributed by atoms with van der Waals surface area (Å²) in [6, 6.07) is 15.7. The number of nitrogens with zero attached hydrogens (tertiary/aromatic N) is 2. The average molecular weight is 386 g/mol. The summed E-state index contributed by atoms with van der Waals surface area (Å²) in [6.07, 6.45) is -4.57. The fourth-order valence-corrected chi connectivity index (χ4v) is 2.47. The molecule has 3 aromatic rings. The first-order chi connectivity index (χ1) is 13.3. The normalized spacial score (nSPS) is 11.1. The monoisotopic (exact) mass is 386 g/mol. The van der Waals surface area contributed by atoms with Crippen molar-refractivity contribution >= 4 is 17.4 Å². The van der Waals surface area contributed by atoms with Crippen molar-refractivity contribution in [2.24, 2.45) is 0 Å². The molecule has 0 aliphatic rings. The quantitative estimate of drug-likeness (QED) is 0.669. The van der Waals surface area contributed by atoms with Crippen molar-refractivity contribution < 1.29 is 18.0 Å². The molecule has 8 heteroatoms. The van der Waals surface area contributed by atoms with E-state index in [4.69, 9.17) is 0 Å². The van der Waals surface area contributed by atoms with E-state index in [9.17, 15) is 18.0 Å². The molecule has 0 aliphatic carbocycles. The molecule has 1 amide bonds. The van der Waals surface area contributed by atoms with Gasteiger partial charge in [-0.1, -0.05) is 42.0 Å². The maximum absolute atomic E-state index is 13.0. The SMILES string of the molecule is Cc1ccc(CNc2ccc(C(=O)Nc3ccccc3C(F)(F)F)nn2)cc1. The van der Waals surface area contributed by atoms with Crippen molar-refractivity contribution in [3.63, 3.8) is 0 Å². The number of carbonyl (C=O) groups is 1. The molecule has 2 N–H and O–H groups in total. The van der Waals surface area contributed by atoms with Crippen LogP contribution in [0.15, 0.2) is 60.7 Å². The summed E-state index contributed by atoms with van der Waals surface area (Å²) in [4.78, 5) is 12.2. The van der Waals surface area contributed by atoms with E-state index in [1.54, 1.807) is 6.07 Å². The van der Waals surface area contributed by atoms with Crippen LogP contribution < -0.4 is 10.6 Å². The molecule has 0 unspecified atom stereocenters. The smallest absolute Gasteiger partial charge is 0.365 e. The zero-order chi connectivity index (χ0) is 20.1. The van der Waals surface area contributed by atoms with E-state index in [1.165, 1.54) is 24.3 Å². The highest BCUT2D eigenvalue weighted by Crippen LogP contribution is 2.34. The van der Waals surface area contributed by atoms with Gasteiger partial charge in [0.15, 0.2) is 5.69 Å². The van der Waals surface area contributed by atoms with Gasteiger partial charge < -0.3 is 10.6 Å². The van der Waals surface area contributed by atoms with E-state index in [0.717, 1.165) is 17.2 Å². The molecule has 0 aliphatic heterocycles. The molecule has 144 valence electrons. The molecule has 0 fully saturated rings. The Morgan fingerprint density at radius 2 is 1.68 bits per heavy atom. The number of carbonyl (C=O) groups excluding carboxylic acids is 1. The maximum atomic E-state index is 13.0. The first kappa shape index (κ1) is 19.3. The fraction of sp³-hybridized carbons (Fsp3) is 0.150. The van der Waals surface area contributed by atoms with Gasteiger partial charge in [0.2, 0.25) is 0 Å². The van der Waals surface area contributed by atoms with Crippen molar-refractivity contribution in [3.8, 4) is 0 Å². The maximum Gasteiger partial charge on any atom is 0.418 e. The molecule has 0 spiro atoms. The first-order valence-electron chi connectivity index (χ1n) is 8.43. The van der Waals surface area contributed by atoms with Crippen LogP contribution in [0, 0.1) is 6.92 Å². The second-order valence-electron chi connectivity index (χ2n) is 6.14. The van der Waals surface area contributed by atoms with Gasteiger partial charge in [-0.2, -0.15) is 13.2 Å². The van der Waals surface area contributed by atoms with Crippen LogP contribution in [0.4, 0.5) is 24.7 Å². The van der Waals surface area contributed by atoms with E-state index in [0.29, 0.717) is 12.4 Å². The van der Waals surface area contributed by atoms with Crippen LogP contribution in [-0.2, 0) is 12.7 Å². The molecule has 1 heterocycles. The number of aryl methyl sites for hydroxylation is 1. The molecule has 5 nitrogen and oxygen atoms in total. The van der Waals surface area contributed by atoms with Crippen LogP contribution >= 0.6 is 0 Å². The molecule has 3 rings (SSSR count). The molecular formula is C20H17F3N4O. The van der Waals surface area contributed by atoms with Crippen molar-refractivity contribution in [1.82, 2.24) is 10.2 Å². The fourth-order valence-electron chi connectivity index (χ4n) is 2.47. The lowest BCUT2D eigenvalue weighted by Gasteiger charge is -2.13. The third-order valence-corrected chi connectivity index (χ3v) is 3.97. The highest BCUT2D eigenvalue weighted by molar-refractivity contribution is 6.03. The van der Waals surface area contributed by atoms with Gasteiger partial charge in [-0.3, -0.25) is 4.79 Å². The van der Waals surface area contributed by atoms with E-state index < -0.39 is 17.6 Å². The van der Waals surface area contributed by atoms with Gasteiger partial charge in [0.25, 0.3) is 5.91 Å². The number of aromatic nitrogens is 2. The summed E-state index contributed by atoms with van der Waals surface area (Å²) in [5.74, 6) is -0.317. The number of nitrogens with one attached hydrogen (secondary N) is 2. The highest BCUT2D eigenvalue weighted by atomic mass is 19.4. The minimum atomic E-state index is -4.57. The summed E-state index contributed by atoms with van der Waals surface area (Å²) in [5.41, 5.74) is 0.873. The summed E-state index contributed by atoms with van der Waals surface area (Å²) >= 11 is 0. The average Bonchev–Trinajstić information content (AvgIpc) is 2.67. The predicted molar refractivity (Wildman–Crippen MR) is 99.9 cm³/mol. The number of alkyl halides is 3. The van der Waals surface area contributed by atoms with Crippen molar-refractivity contribution in [2.45, 2.75) is 19.6 Å². The van der Waals surface area contributed by atoms with Gasteiger partial charge in [-0.05, 0) is 36.8 Å². The van der Waals surface area contributed by atoms with Crippen LogP contribution in [0.1, 0.15) is 27.2 Å². The minimum absolute atomic E-state index is 0.0853. The highest BCUT2D eigenvalue weighted by Gasteiger charge is 2.33. The minimum Gasteiger partial charge on any atom is -0.365 e. The van der Waals surface area contributed by atoms with Gasteiger partial charge in [-0.25, -0.2) is 0 Å². The Labute approximate surface area is 159 Å². The van der Waals surface area contributed by atoms with Gasteiger partial charge in [0.1, 0.15) is 5.82 Å². The van der Waals surface area contributed by atoms with Gasteiger partial charge in [0, 0.05) is 6.54 Å². The van der Waals surface area contributed by atoms with Gasteiger partial charge in [-0.15, -0.1) is 10.2 Å². The number of halogens is 3. The second-order valence-corrected chi connectivity index (χ2v) is 6.14. The van der Waals surface area contributed by atoms with Crippen molar-refractivity contribution in [3.05, 3.63) is 83.0 Å². The van der Waals surface area contributed by atoms with Crippen molar-refractivity contribution in [1.29, 1.82) is 0 Å². The Balaban J connectivity index is 1.65. The van der Waals surface area contributed by atoms with E-state index in [1.807, 2.05) is 31.2 Å². The van der Waals surface area contributed by atoms with E-state index in [-0.39, 0.29) is 11.4 Å². The van der Waals surface area contributed by atoms with Crippen LogP contribution in [0.5, 0.6) is 0 Å². The van der Waals surface area contributed by atoms with Crippen LogP contribution in [0.25, 0.3) is 0 Å². The first-order valence-corrected chi connectivity index (χ1v) is 8.43. The van der Waals surface area contributed by atoms with Gasteiger partial charge >= 0.3 is 6.18 Å². The Morgan fingerprint density at radius 3 is 2.32 bits per heavy atom. The Hall–Kier alpha value is -3.42. The zero-order valence-electron chi connectivity index (χ0n) is 14.9. The molecule has 0 saturated carbocycles. The summed E-state index contributed by atoms with van der Waals surface area (Å²) in [7, 11) is 0. The van der Waals surface area contributed by atoms with E-state index >= 15 is 0 Å². The molecule has 2 aromatic carbocycles. The molecule has 1 aromatic heterocycles. The van der Waals surface area contributed by atoms with Crippen LogP contribution in [0.3, 0.4) is 0 Å². The third kappa shape index (κ3) is 4.85. The van der Waals surface area contributed by atoms with E-state index in [2.05, 4.69) is 20.8 Å². The second kappa shape index (κ2) is 8.08. The molecular weight excluding hydrogens is 369 g/mol. The van der Waals surface area contributed by atoms with Crippen molar-refractivity contribution in [2.75, 3.05) is 10.6 Å². The summed E-state index contributed by atoms with van der Waals surface area (Å²) < 4.78 is 39.0. The Bertz CT molecular complexity index is 954. The molecule has 0 saturated heterocycles. The number of hydrogen-bond acceptors (Lipinski definition) is 4. The van der Waals surface area contributed by atoms with Crippen LogP contribution in [0.2, 0.25) is 0 Å². The summed E-state index contributed by atoms with van der Waals surface area (Å²) in [5, 5.41) is 13.0. The predicted octanol–water partition coefficient (Wildman–Crippen LogP) is 4.67. The lowest BCUT2D eigenvalue weighted by atomic mass is 10.1. The summed E-state index contributed by atoms with van der Waals surface area (Å²) in [6.45, 7) is 2.53. The number of hydrogen-bond donors (Lipinski definition) is 2. The molecule has 0 atom stereocenters. The number of benzene rings is 2. The lowest BCUT2D eigenvalue weighted by Crippen LogP contribution is -2.18. The van der Waals surface area contributed by atoms with Gasteiger partial charge in [0.05, 0.1) is 11.3 Å². The third-order valence-electron chi connectivity index (χ3n) is 3.97. The Morgan fingerprint density at radius 1 is 0.964 bits per heavy atom. The zero-order valence-corrected chi connectivity index (χ0v) is 14.9. The topological polar surface area (TPSA) is 66.9 Å². The van der Waals surface area contributed by atoms with Crippen LogP contribution in [-0.4, -0.2) is 16.1 Å².